The first kappa shape index (κ1) is 12.9. The van der Waals surface area contributed by atoms with Gasteiger partial charge in [-0.25, -0.2) is 0 Å². The molecule has 0 saturated heterocycles. The summed E-state index contributed by atoms with van der Waals surface area (Å²) in [4.78, 5) is 0. The van der Waals surface area contributed by atoms with Crippen molar-refractivity contribution in [2.24, 2.45) is 0 Å². The van der Waals surface area contributed by atoms with Crippen molar-refractivity contribution in [2.45, 2.75) is 4.21 Å². The number of nitriles is 1. The summed E-state index contributed by atoms with van der Waals surface area (Å²) in [6, 6.07) is 10.7. The number of hydrogen-bond acceptors (Lipinski definition) is 5. The van der Waals surface area contributed by atoms with Crippen molar-refractivity contribution in [1.82, 2.24) is 0 Å². The molecule has 0 atom stereocenters. The van der Waals surface area contributed by atoms with E-state index < -0.39 is 10.1 Å². The minimum atomic E-state index is -3.89. The molecule has 4 nitrogen and oxygen atoms in total. The Morgan fingerprint density at radius 3 is 2.67 bits per heavy atom. The highest BCUT2D eigenvalue weighted by Gasteiger charge is 2.19. The average Bonchev–Trinajstić information content (AvgIpc) is 2.76. The van der Waals surface area contributed by atoms with Crippen LogP contribution in [0.15, 0.2) is 40.6 Å². The second-order valence-corrected chi connectivity index (χ2v) is 6.72. The fourth-order valence-electron chi connectivity index (χ4n) is 1.22. The molecule has 2 rings (SSSR count). The molecule has 0 aliphatic heterocycles. The summed E-state index contributed by atoms with van der Waals surface area (Å²) in [5.74, 6) is 0.0959. The van der Waals surface area contributed by atoms with Crippen molar-refractivity contribution in [1.29, 1.82) is 5.26 Å². The van der Waals surface area contributed by atoms with Gasteiger partial charge in [0.2, 0.25) is 0 Å². The van der Waals surface area contributed by atoms with Crippen LogP contribution in [0.1, 0.15) is 5.56 Å². The molecule has 0 spiro atoms. The van der Waals surface area contributed by atoms with Crippen LogP contribution in [0, 0.1) is 11.3 Å². The van der Waals surface area contributed by atoms with Crippen LogP contribution in [0.5, 0.6) is 5.75 Å². The first-order valence-corrected chi connectivity index (χ1v) is 7.31. The van der Waals surface area contributed by atoms with Gasteiger partial charge in [-0.15, -0.1) is 11.3 Å². The van der Waals surface area contributed by atoms with Crippen LogP contribution in [-0.4, -0.2) is 8.42 Å². The van der Waals surface area contributed by atoms with Gasteiger partial charge in [0.05, 0.1) is 16.0 Å². The summed E-state index contributed by atoms with van der Waals surface area (Å²) in [7, 11) is -3.89. The first-order chi connectivity index (χ1) is 8.51. The molecule has 1 aromatic carbocycles. The van der Waals surface area contributed by atoms with E-state index in [1.807, 2.05) is 6.07 Å². The standard InChI is InChI=1S/C11H6ClNO3S2/c12-10-4-5-11(17-10)18(14,15)16-9-3-1-2-8(6-9)7-13/h1-6H. The summed E-state index contributed by atoms with van der Waals surface area (Å²) in [6.45, 7) is 0. The minimum absolute atomic E-state index is 0.0230. The highest BCUT2D eigenvalue weighted by atomic mass is 35.5. The van der Waals surface area contributed by atoms with Gasteiger partial charge >= 0.3 is 10.1 Å². The molecule has 0 fully saturated rings. The molecule has 1 heterocycles. The van der Waals surface area contributed by atoms with E-state index in [0.717, 1.165) is 11.3 Å². The predicted octanol–water partition coefficient (Wildman–Crippen LogP) is 3.04. The van der Waals surface area contributed by atoms with Crippen LogP contribution < -0.4 is 4.18 Å². The number of nitrogens with zero attached hydrogens (tertiary/aromatic N) is 1. The quantitative estimate of drug-likeness (QED) is 0.817. The van der Waals surface area contributed by atoms with Crippen LogP contribution in [0.3, 0.4) is 0 Å². The first-order valence-electron chi connectivity index (χ1n) is 4.71. The molecule has 0 radical (unpaired) electrons. The van der Waals surface area contributed by atoms with Crippen LogP contribution >= 0.6 is 22.9 Å². The van der Waals surface area contributed by atoms with Crippen LogP contribution in [0.25, 0.3) is 0 Å². The van der Waals surface area contributed by atoms with Gasteiger partial charge in [-0.2, -0.15) is 13.7 Å². The lowest BCUT2D eigenvalue weighted by Crippen LogP contribution is -2.07. The molecular formula is C11H6ClNO3S2. The minimum Gasteiger partial charge on any atom is -0.378 e. The van der Waals surface area contributed by atoms with Gasteiger partial charge in [0, 0.05) is 0 Å². The molecule has 18 heavy (non-hydrogen) atoms. The maximum Gasteiger partial charge on any atom is 0.348 e. The Balaban J connectivity index is 2.31. The third-order valence-corrected chi connectivity index (χ3v) is 4.89. The van der Waals surface area contributed by atoms with Gasteiger partial charge in [-0.3, -0.25) is 0 Å². The van der Waals surface area contributed by atoms with Gasteiger partial charge in [0.1, 0.15) is 5.75 Å². The number of halogens is 1. The smallest absolute Gasteiger partial charge is 0.348 e. The SMILES string of the molecule is N#Cc1cccc(OS(=O)(=O)c2ccc(Cl)s2)c1. The second kappa shape index (κ2) is 4.98. The molecule has 0 saturated carbocycles. The Morgan fingerprint density at radius 1 is 1.28 bits per heavy atom. The van der Waals surface area contributed by atoms with E-state index in [-0.39, 0.29) is 9.96 Å². The lowest BCUT2D eigenvalue weighted by molar-refractivity contribution is 0.488. The average molecular weight is 300 g/mol. The van der Waals surface area contributed by atoms with E-state index >= 15 is 0 Å². The summed E-state index contributed by atoms with van der Waals surface area (Å²) in [5.41, 5.74) is 0.326. The Bertz CT molecular complexity index is 716. The van der Waals surface area contributed by atoms with Crippen molar-refractivity contribution in [2.75, 3.05) is 0 Å². The molecule has 2 aromatic rings. The van der Waals surface area contributed by atoms with E-state index in [9.17, 15) is 8.42 Å². The third kappa shape index (κ3) is 2.82. The highest BCUT2D eigenvalue weighted by molar-refractivity contribution is 7.89. The maximum atomic E-state index is 11.9. The molecule has 92 valence electrons. The van der Waals surface area contributed by atoms with Crippen LogP contribution in [0.2, 0.25) is 4.34 Å². The van der Waals surface area contributed by atoms with Crippen LogP contribution in [0.4, 0.5) is 0 Å². The number of hydrogen-bond donors (Lipinski definition) is 0. The Hall–Kier alpha value is -1.55. The second-order valence-electron chi connectivity index (χ2n) is 3.24. The van der Waals surface area contributed by atoms with Gasteiger partial charge in [-0.1, -0.05) is 17.7 Å². The van der Waals surface area contributed by atoms with Gasteiger partial charge in [0.25, 0.3) is 0 Å². The molecule has 0 unspecified atom stereocenters. The lowest BCUT2D eigenvalue weighted by atomic mass is 10.2. The normalized spacial score (nSPS) is 10.9. The molecule has 0 aliphatic carbocycles. The highest BCUT2D eigenvalue weighted by Crippen LogP contribution is 2.28. The fourth-order valence-corrected chi connectivity index (χ4v) is 3.58. The van der Waals surface area contributed by atoms with Crippen molar-refractivity contribution in [3.63, 3.8) is 0 Å². The van der Waals surface area contributed by atoms with Crippen molar-refractivity contribution in [3.8, 4) is 11.8 Å². The maximum absolute atomic E-state index is 11.9. The largest absolute Gasteiger partial charge is 0.378 e. The Morgan fingerprint density at radius 2 is 2.06 bits per heavy atom. The molecule has 0 N–H and O–H groups in total. The molecule has 7 heteroatoms. The van der Waals surface area contributed by atoms with Crippen LogP contribution in [-0.2, 0) is 10.1 Å². The van der Waals surface area contributed by atoms with Gasteiger partial charge < -0.3 is 4.18 Å². The zero-order chi connectivity index (χ0) is 13.2. The predicted molar refractivity (Wildman–Crippen MR) is 68.3 cm³/mol. The van der Waals surface area contributed by atoms with Gasteiger partial charge in [0.15, 0.2) is 4.21 Å². The number of benzene rings is 1. The van der Waals surface area contributed by atoms with Crippen molar-refractivity contribution < 1.29 is 12.6 Å². The van der Waals surface area contributed by atoms with E-state index in [2.05, 4.69) is 0 Å². The summed E-state index contributed by atoms with van der Waals surface area (Å²) in [6.07, 6.45) is 0. The Labute approximate surface area is 113 Å². The molecule has 0 aliphatic rings. The molecule has 1 aromatic heterocycles. The molecular weight excluding hydrogens is 294 g/mol. The zero-order valence-corrected chi connectivity index (χ0v) is 11.2. The number of thiophene rings is 1. The summed E-state index contributed by atoms with van der Waals surface area (Å²) < 4.78 is 29.0. The van der Waals surface area contributed by atoms with E-state index in [4.69, 9.17) is 21.0 Å². The third-order valence-electron chi connectivity index (χ3n) is 1.96. The lowest BCUT2D eigenvalue weighted by Gasteiger charge is -2.04. The molecule has 0 bridgehead atoms. The number of rotatable bonds is 3. The zero-order valence-electron chi connectivity index (χ0n) is 8.83. The fraction of sp³-hybridized carbons (Fsp3) is 0. The molecule has 0 amide bonds. The van der Waals surface area contributed by atoms with E-state index in [0.29, 0.717) is 9.90 Å². The Kier molecular flexibility index (Phi) is 3.57. The van der Waals surface area contributed by atoms with E-state index in [1.165, 1.54) is 24.3 Å². The van der Waals surface area contributed by atoms with Crippen molar-refractivity contribution in [3.05, 3.63) is 46.3 Å². The van der Waals surface area contributed by atoms with Crippen molar-refractivity contribution >= 4 is 33.1 Å². The monoisotopic (exact) mass is 299 g/mol. The topological polar surface area (TPSA) is 67.2 Å². The summed E-state index contributed by atoms with van der Waals surface area (Å²) in [5, 5.41) is 8.71. The van der Waals surface area contributed by atoms with E-state index in [1.54, 1.807) is 12.1 Å². The summed E-state index contributed by atoms with van der Waals surface area (Å²) >= 11 is 6.58. The van der Waals surface area contributed by atoms with Gasteiger partial charge in [-0.05, 0) is 30.3 Å².